The highest BCUT2D eigenvalue weighted by atomic mass is 19.4. The number of nitrogens with zero attached hydrogens (tertiary/aromatic N) is 6. The number of halogens is 3. The number of alkyl halides is 3. The molecule has 14 heteroatoms. The number of ether oxygens (including phenoxy) is 3. The molecular weight excluding hydrogens is 591 g/mol. The lowest BCUT2D eigenvalue weighted by Crippen LogP contribution is -2.46. The van der Waals surface area contributed by atoms with E-state index in [1.54, 1.807) is 30.2 Å². The van der Waals surface area contributed by atoms with E-state index in [-0.39, 0.29) is 30.6 Å². The van der Waals surface area contributed by atoms with E-state index in [1.807, 2.05) is 17.9 Å². The van der Waals surface area contributed by atoms with Crippen LogP contribution in [0, 0.1) is 11.3 Å². The Morgan fingerprint density at radius 1 is 1.16 bits per heavy atom. The highest BCUT2D eigenvalue weighted by Gasteiger charge is 2.38. The fourth-order valence-corrected chi connectivity index (χ4v) is 5.68. The molecule has 0 unspecified atom stereocenters. The van der Waals surface area contributed by atoms with Gasteiger partial charge in [-0.2, -0.15) is 18.4 Å². The van der Waals surface area contributed by atoms with Gasteiger partial charge in [0.25, 0.3) is 0 Å². The SMILES string of the molecule is CCOC(=O)N1c2ccc(OC)nc2[C@@H](Nc2ncc(N3CCOCC3)c(Cc3cc(C#N)cc(C(F)(F)F)c3)n2)C[C@H]1CC. The molecule has 1 saturated heterocycles. The standard InChI is InChI=1S/C31H34F3N7O4/c1-4-22-16-24(28-25(6-7-27(39-28)43-3)41(22)30(42)45-5-2)38-29-36-18-26(40-8-10-44-11-9-40)23(37-29)15-19-12-20(17-35)14-21(13-19)31(32,33)34/h6-7,12-14,18,22,24H,4-5,8-11,15-16H2,1-3H3,(H,36,37,38)/t22-,24+/m1/s1. The van der Waals surface area contributed by atoms with Crippen LogP contribution in [0.5, 0.6) is 5.88 Å². The monoisotopic (exact) mass is 625 g/mol. The van der Waals surface area contributed by atoms with Crippen LogP contribution >= 0.6 is 0 Å². The van der Waals surface area contributed by atoms with Crippen LogP contribution in [0.3, 0.4) is 0 Å². The minimum Gasteiger partial charge on any atom is -0.481 e. The van der Waals surface area contributed by atoms with E-state index in [4.69, 9.17) is 19.2 Å². The fourth-order valence-electron chi connectivity index (χ4n) is 5.68. The highest BCUT2D eigenvalue weighted by molar-refractivity contribution is 5.90. The Morgan fingerprint density at radius 2 is 1.93 bits per heavy atom. The van der Waals surface area contributed by atoms with E-state index in [2.05, 4.69) is 15.3 Å². The molecule has 5 rings (SSSR count). The molecule has 0 radical (unpaired) electrons. The van der Waals surface area contributed by atoms with Gasteiger partial charge in [-0.1, -0.05) is 6.92 Å². The van der Waals surface area contributed by atoms with Gasteiger partial charge in [-0.25, -0.2) is 19.7 Å². The largest absolute Gasteiger partial charge is 0.481 e. The Hall–Kier alpha value is -4.64. The maximum absolute atomic E-state index is 13.7. The molecule has 2 aliphatic rings. The van der Waals surface area contributed by atoms with Crippen molar-refractivity contribution in [2.24, 2.45) is 0 Å². The number of rotatable bonds is 8. The zero-order chi connectivity index (χ0) is 32.1. The number of fused-ring (bicyclic) bond motifs is 1. The molecule has 45 heavy (non-hydrogen) atoms. The van der Waals surface area contributed by atoms with Crippen molar-refractivity contribution in [3.63, 3.8) is 0 Å². The zero-order valence-electron chi connectivity index (χ0n) is 25.2. The predicted octanol–water partition coefficient (Wildman–Crippen LogP) is 5.50. The van der Waals surface area contributed by atoms with Crippen molar-refractivity contribution in [1.82, 2.24) is 15.0 Å². The summed E-state index contributed by atoms with van der Waals surface area (Å²) in [7, 11) is 1.50. The highest BCUT2D eigenvalue weighted by Crippen LogP contribution is 2.40. The lowest BCUT2D eigenvalue weighted by molar-refractivity contribution is -0.137. The van der Waals surface area contributed by atoms with Gasteiger partial charge < -0.3 is 24.4 Å². The maximum Gasteiger partial charge on any atom is 0.416 e. The molecule has 4 heterocycles. The van der Waals surface area contributed by atoms with Crippen molar-refractivity contribution in [3.8, 4) is 11.9 Å². The summed E-state index contributed by atoms with van der Waals surface area (Å²) in [5.41, 5.74) is 1.60. The van der Waals surface area contributed by atoms with Gasteiger partial charge in [0.15, 0.2) is 0 Å². The van der Waals surface area contributed by atoms with Crippen LogP contribution in [-0.4, -0.2) is 67.1 Å². The lowest BCUT2D eigenvalue weighted by Gasteiger charge is -2.39. The summed E-state index contributed by atoms with van der Waals surface area (Å²) in [6.45, 7) is 6.06. The van der Waals surface area contributed by atoms with Crippen LogP contribution in [0.1, 0.15) is 60.8 Å². The van der Waals surface area contributed by atoms with Gasteiger partial charge in [-0.05, 0) is 49.6 Å². The first-order chi connectivity index (χ1) is 21.6. The number of anilines is 3. The van der Waals surface area contributed by atoms with Crippen LogP contribution in [0.4, 0.5) is 35.3 Å². The molecule has 1 amide bonds. The average Bonchev–Trinajstić information content (AvgIpc) is 3.04. The van der Waals surface area contributed by atoms with Gasteiger partial charge >= 0.3 is 12.3 Å². The van der Waals surface area contributed by atoms with Gasteiger partial charge in [0.1, 0.15) is 0 Å². The van der Waals surface area contributed by atoms with E-state index < -0.39 is 23.9 Å². The van der Waals surface area contributed by atoms with Gasteiger partial charge in [-0.3, -0.25) is 4.90 Å². The van der Waals surface area contributed by atoms with Crippen molar-refractivity contribution in [2.45, 2.75) is 51.4 Å². The molecule has 0 spiro atoms. The molecule has 2 aliphatic heterocycles. The summed E-state index contributed by atoms with van der Waals surface area (Å²) < 4.78 is 57.2. The Bertz CT molecular complexity index is 1570. The molecule has 2 atom stereocenters. The van der Waals surface area contributed by atoms with E-state index in [0.717, 1.165) is 12.1 Å². The molecule has 1 N–H and O–H groups in total. The van der Waals surface area contributed by atoms with E-state index >= 15 is 0 Å². The van der Waals surface area contributed by atoms with E-state index in [1.165, 1.54) is 13.2 Å². The third-order valence-corrected chi connectivity index (χ3v) is 7.81. The van der Waals surface area contributed by atoms with Gasteiger partial charge in [0.05, 0.1) is 79.1 Å². The number of amides is 1. The summed E-state index contributed by atoms with van der Waals surface area (Å²) in [4.78, 5) is 30.7. The number of aromatic nitrogens is 3. The topological polar surface area (TPSA) is 126 Å². The van der Waals surface area contributed by atoms with Crippen molar-refractivity contribution in [2.75, 3.05) is 55.1 Å². The molecule has 1 aromatic carbocycles. The third kappa shape index (κ3) is 7.04. The van der Waals surface area contributed by atoms with Crippen molar-refractivity contribution in [3.05, 3.63) is 64.6 Å². The maximum atomic E-state index is 13.7. The minimum absolute atomic E-state index is 0.0318. The predicted molar refractivity (Wildman–Crippen MR) is 159 cm³/mol. The van der Waals surface area contributed by atoms with Crippen LogP contribution in [-0.2, 0) is 22.1 Å². The van der Waals surface area contributed by atoms with Crippen molar-refractivity contribution in [1.29, 1.82) is 5.26 Å². The normalized spacial score (nSPS) is 18.2. The van der Waals surface area contributed by atoms with Gasteiger partial charge in [-0.15, -0.1) is 0 Å². The van der Waals surface area contributed by atoms with Crippen LogP contribution in [0.15, 0.2) is 36.5 Å². The Labute approximate surface area is 258 Å². The summed E-state index contributed by atoms with van der Waals surface area (Å²) >= 11 is 0. The van der Waals surface area contributed by atoms with Crippen molar-refractivity contribution >= 4 is 23.4 Å². The summed E-state index contributed by atoms with van der Waals surface area (Å²) in [5, 5.41) is 12.8. The third-order valence-electron chi connectivity index (χ3n) is 7.81. The van der Waals surface area contributed by atoms with Gasteiger partial charge in [0.2, 0.25) is 11.8 Å². The van der Waals surface area contributed by atoms with Crippen LogP contribution in [0.2, 0.25) is 0 Å². The van der Waals surface area contributed by atoms with E-state index in [0.29, 0.717) is 73.4 Å². The van der Waals surface area contributed by atoms with E-state index in [9.17, 15) is 23.2 Å². The second kappa shape index (κ2) is 13.6. The molecular formula is C31H34F3N7O4. The van der Waals surface area contributed by atoms with Crippen molar-refractivity contribution < 1.29 is 32.2 Å². The number of carbonyl (C=O) groups is 1. The molecule has 1 fully saturated rings. The van der Waals surface area contributed by atoms with Crippen LogP contribution in [0.25, 0.3) is 0 Å². The average molecular weight is 626 g/mol. The van der Waals surface area contributed by atoms with Crippen LogP contribution < -0.4 is 19.9 Å². The summed E-state index contributed by atoms with van der Waals surface area (Å²) in [6.07, 6.45) is -2.29. The summed E-state index contributed by atoms with van der Waals surface area (Å²) in [6, 6.07) is 7.96. The number of hydrogen-bond donors (Lipinski definition) is 1. The number of carbonyl (C=O) groups excluding carboxylic acids is 1. The fraction of sp³-hybridized carbons (Fsp3) is 0.452. The first-order valence-corrected chi connectivity index (χ1v) is 14.7. The molecule has 2 aromatic heterocycles. The molecule has 0 aliphatic carbocycles. The molecule has 0 saturated carbocycles. The Kier molecular flexibility index (Phi) is 9.57. The molecule has 11 nitrogen and oxygen atoms in total. The lowest BCUT2D eigenvalue weighted by atomic mass is 9.93. The zero-order valence-corrected chi connectivity index (χ0v) is 25.2. The number of benzene rings is 1. The minimum atomic E-state index is -4.61. The molecule has 238 valence electrons. The number of nitrogens with one attached hydrogen (secondary N) is 1. The Balaban J connectivity index is 1.54. The second-order valence-electron chi connectivity index (χ2n) is 10.7. The first kappa shape index (κ1) is 31.8. The summed E-state index contributed by atoms with van der Waals surface area (Å²) in [5.74, 6) is 0.607. The molecule has 3 aromatic rings. The number of hydrogen-bond acceptors (Lipinski definition) is 10. The number of nitriles is 1. The number of morpholine rings is 1. The number of pyridine rings is 1. The quantitative estimate of drug-likeness (QED) is 0.343. The Morgan fingerprint density at radius 3 is 2.60 bits per heavy atom. The second-order valence-corrected chi connectivity index (χ2v) is 10.7. The smallest absolute Gasteiger partial charge is 0.416 e. The molecule has 0 bridgehead atoms. The number of methoxy groups -OCH3 is 1. The first-order valence-electron chi connectivity index (χ1n) is 14.7. The van der Waals surface area contributed by atoms with Gasteiger partial charge in [0, 0.05) is 31.6 Å².